The molecule has 5 nitrogen and oxygen atoms in total. The van der Waals surface area contributed by atoms with Gasteiger partial charge in [-0.1, -0.05) is 53.2 Å². The molecule has 3 rings (SSSR count). The van der Waals surface area contributed by atoms with E-state index in [0.717, 1.165) is 4.47 Å². The predicted octanol–water partition coefficient (Wildman–Crippen LogP) is 4.69. The number of hydrogen-bond acceptors (Lipinski definition) is 4. The first-order valence-electron chi connectivity index (χ1n) is 9.24. The van der Waals surface area contributed by atoms with Gasteiger partial charge in [-0.05, 0) is 50.1 Å². The first kappa shape index (κ1) is 21.8. The molecule has 1 aliphatic rings. The van der Waals surface area contributed by atoms with Crippen LogP contribution in [-0.4, -0.2) is 26.6 Å². The van der Waals surface area contributed by atoms with Crippen molar-refractivity contribution < 1.29 is 17.5 Å². The summed E-state index contributed by atoms with van der Waals surface area (Å²) in [4.78, 5) is 4.30. The summed E-state index contributed by atoms with van der Waals surface area (Å²) in [6.45, 7) is 7.10. The number of hydrogen-bond donors (Lipinski definition) is 1. The molecule has 1 fully saturated rings. The second-order valence-corrected chi connectivity index (χ2v) is 10.8. The van der Waals surface area contributed by atoms with E-state index in [-0.39, 0.29) is 24.3 Å². The number of amidine groups is 1. The normalized spacial score (nSPS) is 25.1. The van der Waals surface area contributed by atoms with E-state index in [2.05, 4.69) is 25.6 Å². The van der Waals surface area contributed by atoms with Crippen LogP contribution in [0.4, 0.5) is 4.39 Å². The molecule has 0 saturated carbocycles. The van der Waals surface area contributed by atoms with Crippen molar-refractivity contribution in [3.8, 4) is 0 Å². The fraction of sp³-hybridized carbons (Fsp3) is 0.381. The molecule has 0 radical (unpaired) electrons. The number of ether oxygens (including phenoxy) is 1. The van der Waals surface area contributed by atoms with Crippen LogP contribution in [0, 0.1) is 5.82 Å². The largest absolute Gasteiger partial charge is 0.456 e. The highest BCUT2D eigenvalue weighted by molar-refractivity contribution is 9.10. The van der Waals surface area contributed by atoms with Gasteiger partial charge in [-0.25, -0.2) is 22.5 Å². The Morgan fingerprint density at radius 3 is 2.48 bits per heavy atom. The van der Waals surface area contributed by atoms with Gasteiger partial charge in [-0.15, -0.1) is 0 Å². The van der Waals surface area contributed by atoms with E-state index in [4.69, 9.17) is 4.74 Å². The molecule has 0 bridgehead atoms. The molecule has 0 aromatic heterocycles. The van der Waals surface area contributed by atoms with E-state index < -0.39 is 20.4 Å². The van der Waals surface area contributed by atoms with Crippen LogP contribution in [0.1, 0.15) is 44.7 Å². The van der Waals surface area contributed by atoms with E-state index in [1.807, 2.05) is 13.0 Å². The van der Waals surface area contributed by atoms with Crippen molar-refractivity contribution >= 4 is 32.0 Å². The second-order valence-electron chi connectivity index (χ2n) is 7.83. The Balaban J connectivity index is 1.91. The van der Waals surface area contributed by atoms with E-state index in [1.165, 1.54) is 6.07 Å². The van der Waals surface area contributed by atoms with Crippen molar-refractivity contribution in [2.45, 2.75) is 44.0 Å². The maximum atomic E-state index is 14.0. The highest BCUT2D eigenvalue weighted by Crippen LogP contribution is 2.45. The molecule has 1 N–H and O–H groups in total. The summed E-state index contributed by atoms with van der Waals surface area (Å²) in [5, 5.41) is 0. The molecule has 0 aliphatic carbocycles. The van der Waals surface area contributed by atoms with Gasteiger partial charge in [-0.2, -0.15) is 0 Å². The number of nitrogens with one attached hydrogen (secondary N) is 1. The number of sulfonamides is 1. The smallest absolute Gasteiger partial charge is 0.299 e. The van der Waals surface area contributed by atoms with E-state index in [1.54, 1.807) is 57.2 Å². The molecule has 2 aromatic rings. The standard InChI is InChI=1S/C21H24BrFN2O3S/c1-14(17-10-5-6-11-18(17)23)13-24-19-25-29(26,27)21(4,20(2,3)28-19)15-8-7-9-16(22)12-15/h5-12,14H,13H2,1-4H3,(H,24,25). The monoisotopic (exact) mass is 482 g/mol. The zero-order valence-electron chi connectivity index (χ0n) is 16.7. The predicted molar refractivity (Wildman–Crippen MR) is 116 cm³/mol. The topological polar surface area (TPSA) is 67.8 Å². The summed E-state index contributed by atoms with van der Waals surface area (Å²) >= 11 is 3.40. The van der Waals surface area contributed by atoms with Crippen molar-refractivity contribution in [3.63, 3.8) is 0 Å². The van der Waals surface area contributed by atoms with Crippen molar-refractivity contribution in [2.75, 3.05) is 6.54 Å². The van der Waals surface area contributed by atoms with Crippen LogP contribution < -0.4 is 4.72 Å². The van der Waals surface area contributed by atoms with Gasteiger partial charge in [0.05, 0.1) is 6.54 Å². The molecule has 156 valence electrons. The van der Waals surface area contributed by atoms with Gasteiger partial charge in [0.1, 0.15) is 11.4 Å². The lowest BCUT2D eigenvalue weighted by molar-refractivity contribution is 0.0386. The van der Waals surface area contributed by atoms with Crippen LogP contribution in [0.2, 0.25) is 0 Å². The van der Waals surface area contributed by atoms with Crippen molar-refractivity contribution in [1.82, 2.24) is 4.72 Å². The Kier molecular flexibility index (Phi) is 5.80. The third kappa shape index (κ3) is 3.92. The fourth-order valence-corrected chi connectivity index (χ4v) is 5.51. The minimum Gasteiger partial charge on any atom is -0.456 e. The van der Waals surface area contributed by atoms with Gasteiger partial charge < -0.3 is 4.74 Å². The van der Waals surface area contributed by atoms with E-state index in [9.17, 15) is 12.8 Å². The van der Waals surface area contributed by atoms with Crippen LogP contribution in [0.15, 0.2) is 58.0 Å². The van der Waals surface area contributed by atoms with Gasteiger partial charge in [-0.3, -0.25) is 0 Å². The second kappa shape index (κ2) is 7.72. The highest BCUT2D eigenvalue weighted by atomic mass is 79.9. The summed E-state index contributed by atoms with van der Waals surface area (Å²) < 4.78 is 48.4. The lowest BCUT2D eigenvalue weighted by atomic mass is 9.85. The molecular weight excluding hydrogens is 459 g/mol. The zero-order valence-corrected chi connectivity index (χ0v) is 19.1. The molecule has 1 heterocycles. The summed E-state index contributed by atoms with van der Waals surface area (Å²) in [5.41, 5.74) is 0.0229. The number of benzene rings is 2. The summed E-state index contributed by atoms with van der Waals surface area (Å²) in [6.07, 6.45) is 0. The van der Waals surface area contributed by atoms with Gasteiger partial charge in [0.15, 0.2) is 4.75 Å². The lowest BCUT2D eigenvalue weighted by Gasteiger charge is -2.47. The average molecular weight is 483 g/mol. The molecular formula is C21H24BrFN2O3S. The van der Waals surface area contributed by atoms with Crippen LogP contribution >= 0.6 is 15.9 Å². The summed E-state index contributed by atoms with van der Waals surface area (Å²) in [5.74, 6) is -0.550. The van der Waals surface area contributed by atoms with E-state index >= 15 is 0 Å². The molecule has 2 unspecified atom stereocenters. The fourth-order valence-electron chi connectivity index (χ4n) is 3.45. The minimum absolute atomic E-state index is 0.0781. The quantitative estimate of drug-likeness (QED) is 0.686. The Morgan fingerprint density at radius 2 is 1.86 bits per heavy atom. The zero-order chi connectivity index (χ0) is 21.4. The third-order valence-corrected chi connectivity index (χ3v) is 8.32. The van der Waals surface area contributed by atoms with Crippen molar-refractivity contribution in [2.24, 2.45) is 4.99 Å². The van der Waals surface area contributed by atoms with Crippen LogP contribution in [0.3, 0.4) is 0 Å². The Labute approximate surface area is 179 Å². The van der Waals surface area contributed by atoms with Crippen molar-refractivity contribution in [3.05, 3.63) is 69.9 Å². The van der Waals surface area contributed by atoms with Crippen molar-refractivity contribution in [1.29, 1.82) is 0 Å². The van der Waals surface area contributed by atoms with Crippen LogP contribution in [-0.2, 0) is 19.5 Å². The molecule has 0 amide bonds. The average Bonchev–Trinajstić information content (AvgIpc) is 2.64. The van der Waals surface area contributed by atoms with Gasteiger partial charge in [0.2, 0.25) is 10.0 Å². The van der Waals surface area contributed by atoms with Gasteiger partial charge in [0.25, 0.3) is 6.02 Å². The van der Waals surface area contributed by atoms with Gasteiger partial charge >= 0.3 is 0 Å². The number of rotatable bonds is 4. The number of halogens is 2. The molecule has 8 heteroatoms. The number of aliphatic imine (C=N–C) groups is 1. The molecule has 1 saturated heterocycles. The van der Waals surface area contributed by atoms with Crippen LogP contribution in [0.25, 0.3) is 0 Å². The van der Waals surface area contributed by atoms with E-state index in [0.29, 0.717) is 11.1 Å². The molecule has 29 heavy (non-hydrogen) atoms. The first-order valence-corrected chi connectivity index (χ1v) is 11.5. The highest BCUT2D eigenvalue weighted by Gasteiger charge is 2.58. The molecule has 0 spiro atoms. The minimum atomic E-state index is -3.87. The first-order chi connectivity index (χ1) is 13.5. The van der Waals surface area contributed by atoms with Crippen LogP contribution in [0.5, 0.6) is 0 Å². The maximum Gasteiger partial charge on any atom is 0.299 e. The Morgan fingerprint density at radius 1 is 1.17 bits per heavy atom. The molecule has 1 aliphatic heterocycles. The summed E-state index contributed by atoms with van der Waals surface area (Å²) in [6, 6.07) is 13.5. The molecule has 2 aromatic carbocycles. The third-order valence-electron chi connectivity index (χ3n) is 5.58. The lowest BCUT2D eigenvalue weighted by Crippen LogP contribution is -2.63. The van der Waals surface area contributed by atoms with Gasteiger partial charge in [0, 0.05) is 10.4 Å². The summed E-state index contributed by atoms with van der Waals surface area (Å²) in [7, 11) is -3.87. The molecule has 2 atom stereocenters. The Bertz CT molecular complexity index is 1060. The number of nitrogens with zero attached hydrogens (tertiary/aromatic N) is 1. The SMILES string of the molecule is CC(CN=C1NS(=O)(=O)C(C)(c2cccc(Br)c2)C(C)(C)O1)c1ccccc1F. The Hall–Kier alpha value is -1.93. The maximum absolute atomic E-state index is 14.0.